The van der Waals surface area contributed by atoms with Crippen molar-refractivity contribution in [2.24, 2.45) is 0 Å². The molecule has 0 bridgehead atoms. The van der Waals surface area contributed by atoms with Crippen molar-refractivity contribution in [3.05, 3.63) is 12.2 Å². The first-order valence-corrected chi connectivity index (χ1v) is 5.92. The van der Waals surface area contributed by atoms with Crippen molar-refractivity contribution in [2.45, 2.75) is 44.9 Å². The Morgan fingerprint density at radius 3 is 2.18 bits per heavy atom. The highest BCUT2D eigenvalue weighted by atomic mass is 16.5. The van der Waals surface area contributed by atoms with E-state index in [-0.39, 0.29) is 11.8 Å². The Labute approximate surface area is 102 Å². The molecule has 0 aliphatic rings. The third-order valence-electron chi connectivity index (χ3n) is 2.39. The zero-order valence-electron chi connectivity index (χ0n) is 10.3. The van der Waals surface area contributed by atoms with Gasteiger partial charge in [0.1, 0.15) is 6.29 Å². The predicted molar refractivity (Wildman–Crippen MR) is 64.5 cm³/mol. The number of rotatable bonds is 10. The molecule has 0 spiro atoms. The third-order valence-corrected chi connectivity index (χ3v) is 2.39. The zero-order chi connectivity index (χ0) is 12.9. The van der Waals surface area contributed by atoms with Crippen molar-refractivity contribution in [3.8, 4) is 0 Å². The number of hydrogen-bond donors (Lipinski definition) is 0. The molecule has 0 amide bonds. The lowest BCUT2D eigenvalue weighted by Gasteiger charge is -2.00. The van der Waals surface area contributed by atoms with Gasteiger partial charge in [-0.25, -0.2) is 0 Å². The fraction of sp³-hybridized carbons (Fsp3) is 0.615. The second-order valence-electron chi connectivity index (χ2n) is 3.81. The highest BCUT2D eigenvalue weighted by Gasteiger charge is 2.00. The van der Waals surface area contributed by atoms with Crippen LogP contribution in [-0.2, 0) is 19.1 Å². The minimum absolute atomic E-state index is 0.00772. The van der Waals surface area contributed by atoms with Gasteiger partial charge < -0.3 is 4.74 Å². The monoisotopic (exact) mass is 240 g/mol. The van der Waals surface area contributed by atoms with Crippen LogP contribution in [0.15, 0.2) is 12.2 Å². The van der Waals surface area contributed by atoms with Gasteiger partial charge in [-0.3, -0.25) is 14.4 Å². The average Bonchev–Trinajstić information content (AvgIpc) is 2.34. The summed E-state index contributed by atoms with van der Waals surface area (Å²) in [7, 11) is 1.39. The smallest absolute Gasteiger partial charge is 0.305 e. The summed E-state index contributed by atoms with van der Waals surface area (Å²) in [6.45, 7) is 0. The molecule has 0 heterocycles. The molecule has 0 unspecified atom stereocenters. The first-order valence-electron chi connectivity index (χ1n) is 5.92. The van der Waals surface area contributed by atoms with Crippen molar-refractivity contribution in [2.75, 3.05) is 7.11 Å². The van der Waals surface area contributed by atoms with Crippen molar-refractivity contribution in [3.63, 3.8) is 0 Å². The summed E-state index contributed by atoms with van der Waals surface area (Å²) >= 11 is 0. The first-order chi connectivity index (χ1) is 8.20. The lowest BCUT2D eigenvalue weighted by atomic mass is 10.1. The van der Waals surface area contributed by atoms with Crippen molar-refractivity contribution < 1.29 is 19.1 Å². The van der Waals surface area contributed by atoms with Crippen LogP contribution in [0.25, 0.3) is 0 Å². The van der Waals surface area contributed by atoms with Gasteiger partial charge in [-0.1, -0.05) is 19.3 Å². The van der Waals surface area contributed by atoms with Crippen LogP contribution in [0.3, 0.4) is 0 Å². The maximum Gasteiger partial charge on any atom is 0.305 e. The van der Waals surface area contributed by atoms with Crippen LogP contribution in [0, 0.1) is 0 Å². The zero-order valence-corrected chi connectivity index (χ0v) is 10.3. The second kappa shape index (κ2) is 11.0. The van der Waals surface area contributed by atoms with Crippen LogP contribution in [0.4, 0.5) is 0 Å². The van der Waals surface area contributed by atoms with E-state index in [1.807, 2.05) is 0 Å². The molecule has 0 saturated heterocycles. The van der Waals surface area contributed by atoms with Gasteiger partial charge in [0, 0.05) is 12.8 Å². The molecule has 0 N–H and O–H groups in total. The molecule has 0 aromatic heterocycles. The van der Waals surface area contributed by atoms with Crippen LogP contribution in [0.1, 0.15) is 44.9 Å². The van der Waals surface area contributed by atoms with E-state index in [9.17, 15) is 14.4 Å². The van der Waals surface area contributed by atoms with Gasteiger partial charge in [-0.15, -0.1) is 0 Å². The Morgan fingerprint density at radius 1 is 1.00 bits per heavy atom. The van der Waals surface area contributed by atoms with Crippen molar-refractivity contribution in [1.29, 1.82) is 0 Å². The predicted octanol–water partition coefficient (Wildman–Crippen LogP) is 2.21. The van der Waals surface area contributed by atoms with E-state index < -0.39 is 0 Å². The lowest BCUT2D eigenvalue weighted by molar-refractivity contribution is -0.140. The van der Waals surface area contributed by atoms with E-state index in [2.05, 4.69) is 4.74 Å². The van der Waals surface area contributed by atoms with E-state index in [0.717, 1.165) is 32.1 Å². The van der Waals surface area contributed by atoms with E-state index in [1.54, 1.807) is 0 Å². The van der Waals surface area contributed by atoms with Gasteiger partial charge in [-0.2, -0.15) is 0 Å². The van der Waals surface area contributed by atoms with Crippen LogP contribution in [0.5, 0.6) is 0 Å². The number of aldehydes is 1. The summed E-state index contributed by atoms with van der Waals surface area (Å²) in [6, 6.07) is 0. The molecule has 0 saturated carbocycles. The second-order valence-corrected chi connectivity index (χ2v) is 3.81. The fourth-order valence-corrected chi connectivity index (χ4v) is 1.43. The van der Waals surface area contributed by atoms with Crippen LogP contribution in [-0.4, -0.2) is 25.1 Å². The average molecular weight is 240 g/mol. The summed E-state index contributed by atoms with van der Waals surface area (Å²) in [5.74, 6) is -0.175. The quantitative estimate of drug-likeness (QED) is 0.254. The highest BCUT2D eigenvalue weighted by Crippen LogP contribution is 2.08. The molecule has 0 atom stereocenters. The van der Waals surface area contributed by atoms with Gasteiger partial charge in [0.2, 0.25) is 0 Å². The molecule has 0 aliphatic heterocycles. The Hall–Kier alpha value is -1.45. The molecule has 0 aromatic carbocycles. The molecular weight excluding hydrogens is 220 g/mol. The van der Waals surface area contributed by atoms with Crippen LogP contribution in [0.2, 0.25) is 0 Å². The minimum Gasteiger partial charge on any atom is -0.469 e. The summed E-state index contributed by atoms with van der Waals surface area (Å²) < 4.78 is 4.53. The van der Waals surface area contributed by atoms with Gasteiger partial charge >= 0.3 is 5.97 Å². The van der Waals surface area contributed by atoms with E-state index >= 15 is 0 Å². The molecule has 17 heavy (non-hydrogen) atoms. The Bertz CT molecular complexity index is 269. The minimum atomic E-state index is -0.167. The molecule has 4 nitrogen and oxygen atoms in total. The van der Waals surface area contributed by atoms with Gasteiger partial charge in [-0.05, 0) is 25.0 Å². The van der Waals surface area contributed by atoms with E-state index in [4.69, 9.17) is 0 Å². The number of hydrogen-bond acceptors (Lipinski definition) is 4. The fourth-order valence-electron chi connectivity index (χ4n) is 1.43. The van der Waals surface area contributed by atoms with Crippen LogP contribution >= 0.6 is 0 Å². The van der Waals surface area contributed by atoms with E-state index in [1.165, 1.54) is 19.3 Å². The number of carbonyl (C=O) groups excluding carboxylic acids is 3. The summed E-state index contributed by atoms with van der Waals surface area (Å²) in [5, 5.41) is 0. The van der Waals surface area contributed by atoms with Gasteiger partial charge in [0.05, 0.1) is 7.11 Å². The molecule has 0 aliphatic carbocycles. The normalized spacial score (nSPS) is 10.4. The first kappa shape index (κ1) is 15.6. The Kier molecular flexibility index (Phi) is 10.1. The number of carbonyl (C=O) groups is 3. The third kappa shape index (κ3) is 10.8. The maximum atomic E-state index is 11.1. The van der Waals surface area contributed by atoms with Crippen molar-refractivity contribution >= 4 is 18.0 Å². The summed E-state index contributed by atoms with van der Waals surface area (Å²) in [4.78, 5) is 31.9. The summed E-state index contributed by atoms with van der Waals surface area (Å²) in [6.07, 6.45) is 8.73. The molecular formula is C13H20O4. The highest BCUT2D eigenvalue weighted by molar-refractivity contribution is 5.92. The molecule has 4 heteroatoms. The van der Waals surface area contributed by atoms with Crippen molar-refractivity contribution in [1.82, 2.24) is 0 Å². The molecule has 0 radical (unpaired) electrons. The number of ether oxygens (including phenoxy) is 1. The number of allylic oxidation sites excluding steroid dienone is 2. The molecule has 0 fully saturated rings. The Balaban J connectivity index is 3.29. The van der Waals surface area contributed by atoms with Gasteiger partial charge in [0.25, 0.3) is 0 Å². The van der Waals surface area contributed by atoms with Crippen LogP contribution < -0.4 is 0 Å². The Morgan fingerprint density at radius 2 is 1.59 bits per heavy atom. The largest absolute Gasteiger partial charge is 0.469 e. The molecule has 96 valence electrons. The number of ketones is 1. The molecule has 0 rings (SSSR count). The number of methoxy groups -OCH3 is 1. The lowest BCUT2D eigenvalue weighted by Crippen LogP contribution is -1.99. The topological polar surface area (TPSA) is 60.4 Å². The maximum absolute atomic E-state index is 11.1. The SMILES string of the molecule is COC(=O)CCCCCCCC(=O)C=CC=O. The van der Waals surface area contributed by atoms with E-state index in [0.29, 0.717) is 19.1 Å². The standard InChI is InChI=1S/C13H20O4/c1-17-13(16)10-6-4-2-3-5-8-12(15)9-7-11-14/h7,9,11H,2-6,8,10H2,1H3. The van der Waals surface area contributed by atoms with Gasteiger partial charge in [0.15, 0.2) is 5.78 Å². The summed E-state index contributed by atoms with van der Waals surface area (Å²) in [5.41, 5.74) is 0. The molecule has 0 aromatic rings. The number of unbranched alkanes of at least 4 members (excludes halogenated alkanes) is 4. The number of esters is 1.